The number of nitrogens with zero attached hydrogens (tertiary/aromatic N) is 3. The van der Waals surface area contributed by atoms with Crippen LogP contribution in [0.1, 0.15) is 23.6 Å². The van der Waals surface area contributed by atoms with Crippen LogP contribution < -0.4 is 14.6 Å². The van der Waals surface area contributed by atoms with Crippen molar-refractivity contribution in [1.82, 2.24) is 0 Å². The van der Waals surface area contributed by atoms with Crippen LogP contribution >= 0.6 is 0 Å². The maximum Gasteiger partial charge on any atom is 0.127 e. The molecule has 0 fully saturated rings. The van der Waals surface area contributed by atoms with E-state index >= 15 is 0 Å². The van der Waals surface area contributed by atoms with Crippen LogP contribution in [0.4, 0.5) is 11.4 Å². The molecule has 0 saturated carbocycles. The minimum Gasteiger partial charge on any atom is -0.457 e. The summed E-state index contributed by atoms with van der Waals surface area (Å²) in [7, 11) is 4.13. The van der Waals surface area contributed by atoms with Crippen molar-refractivity contribution in [2.45, 2.75) is 12.5 Å². The van der Waals surface area contributed by atoms with Crippen LogP contribution in [0, 0.1) is 0 Å². The summed E-state index contributed by atoms with van der Waals surface area (Å²) < 4.78 is 5.95. The molecular weight excluding hydrogens is 406 g/mol. The number of para-hydroxylation sites is 2. The maximum atomic E-state index is 5.95. The lowest BCUT2D eigenvalue weighted by atomic mass is 9.98. The second-order valence-electron chi connectivity index (χ2n) is 8.37. The molecule has 0 amide bonds. The number of benzene rings is 4. The zero-order valence-corrected chi connectivity index (χ0v) is 18.9. The van der Waals surface area contributed by atoms with Gasteiger partial charge in [-0.15, -0.1) is 0 Å². The van der Waals surface area contributed by atoms with Crippen molar-refractivity contribution in [3.8, 4) is 11.5 Å². The van der Waals surface area contributed by atoms with E-state index in [0.29, 0.717) is 0 Å². The Bertz CT molecular complexity index is 1220. The fraction of sp³-hybridized carbons (Fsp3) is 0.138. The summed E-state index contributed by atoms with van der Waals surface area (Å²) in [5.41, 5.74) is 5.74. The van der Waals surface area contributed by atoms with Crippen LogP contribution in [0.5, 0.6) is 11.5 Å². The zero-order valence-electron chi connectivity index (χ0n) is 18.9. The molecule has 4 aromatic rings. The summed E-state index contributed by atoms with van der Waals surface area (Å²) in [6.45, 7) is 0. The first kappa shape index (κ1) is 20.8. The van der Waals surface area contributed by atoms with Crippen LogP contribution in [-0.2, 0) is 0 Å². The van der Waals surface area contributed by atoms with E-state index in [0.717, 1.165) is 34.9 Å². The third kappa shape index (κ3) is 4.60. The molecule has 1 aliphatic rings. The molecule has 1 heterocycles. The van der Waals surface area contributed by atoms with Crippen molar-refractivity contribution in [1.29, 1.82) is 0 Å². The molecule has 1 atom stereocenters. The number of hydrazone groups is 1. The number of hydrogen-bond donors (Lipinski definition) is 0. The minimum absolute atomic E-state index is 0.152. The standard InChI is InChI=1S/C29H27N3O/c1-31(2)24-17-13-23(14-18-24)29-21-28(30-32(29)25-9-5-3-6-10-25)22-15-19-27(20-16-22)33-26-11-7-4-8-12-26/h3-20,29H,21H2,1-2H3. The van der Waals surface area contributed by atoms with Gasteiger partial charge in [-0.2, -0.15) is 5.10 Å². The third-order valence-electron chi connectivity index (χ3n) is 5.89. The second-order valence-corrected chi connectivity index (χ2v) is 8.37. The highest BCUT2D eigenvalue weighted by Gasteiger charge is 2.29. The van der Waals surface area contributed by atoms with Crippen LogP contribution in [0.15, 0.2) is 114 Å². The van der Waals surface area contributed by atoms with Crippen molar-refractivity contribution in [3.63, 3.8) is 0 Å². The fourth-order valence-corrected chi connectivity index (χ4v) is 4.10. The molecule has 33 heavy (non-hydrogen) atoms. The topological polar surface area (TPSA) is 28.1 Å². The van der Waals surface area contributed by atoms with Gasteiger partial charge in [0.05, 0.1) is 17.4 Å². The predicted molar refractivity (Wildman–Crippen MR) is 137 cm³/mol. The first-order chi connectivity index (χ1) is 16.2. The summed E-state index contributed by atoms with van der Waals surface area (Å²) in [5.74, 6) is 1.65. The Labute approximate surface area is 195 Å². The highest BCUT2D eigenvalue weighted by molar-refractivity contribution is 6.03. The average molecular weight is 434 g/mol. The predicted octanol–water partition coefficient (Wildman–Crippen LogP) is 6.90. The molecule has 0 radical (unpaired) electrons. The van der Waals surface area contributed by atoms with E-state index in [1.165, 1.54) is 11.3 Å². The lowest BCUT2D eigenvalue weighted by Crippen LogP contribution is -2.18. The van der Waals surface area contributed by atoms with Gasteiger partial charge in [0.1, 0.15) is 11.5 Å². The first-order valence-corrected chi connectivity index (χ1v) is 11.2. The van der Waals surface area contributed by atoms with E-state index in [2.05, 4.69) is 84.7 Å². The number of anilines is 2. The molecule has 0 spiro atoms. The summed E-state index contributed by atoms with van der Waals surface area (Å²) in [5, 5.41) is 7.20. The number of rotatable bonds is 6. The van der Waals surface area contributed by atoms with Gasteiger partial charge < -0.3 is 9.64 Å². The van der Waals surface area contributed by atoms with Gasteiger partial charge in [0.2, 0.25) is 0 Å². The van der Waals surface area contributed by atoms with E-state index < -0.39 is 0 Å². The van der Waals surface area contributed by atoms with Gasteiger partial charge >= 0.3 is 0 Å². The van der Waals surface area contributed by atoms with Crippen molar-refractivity contribution < 1.29 is 4.74 Å². The third-order valence-corrected chi connectivity index (χ3v) is 5.89. The number of hydrogen-bond acceptors (Lipinski definition) is 4. The first-order valence-electron chi connectivity index (χ1n) is 11.2. The Kier molecular flexibility index (Phi) is 5.81. The molecule has 0 N–H and O–H groups in total. The summed E-state index contributed by atoms with van der Waals surface area (Å²) in [6, 6.07) is 37.4. The lowest BCUT2D eigenvalue weighted by Gasteiger charge is -2.24. The van der Waals surface area contributed by atoms with Crippen LogP contribution in [0.2, 0.25) is 0 Å². The SMILES string of the molecule is CN(C)c1ccc(C2CC(c3ccc(Oc4ccccc4)cc3)=NN2c2ccccc2)cc1. The molecule has 0 aliphatic carbocycles. The highest BCUT2D eigenvalue weighted by atomic mass is 16.5. The Morgan fingerprint density at radius 3 is 1.97 bits per heavy atom. The van der Waals surface area contributed by atoms with Gasteiger partial charge in [-0.05, 0) is 71.8 Å². The summed E-state index contributed by atoms with van der Waals surface area (Å²) in [4.78, 5) is 2.12. The normalized spacial score (nSPS) is 15.3. The largest absolute Gasteiger partial charge is 0.457 e. The molecular formula is C29H27N3O. The van der Waals surface area contributed by atoms with Crippen molar-refractivity contribution >= 4 is 17.1 Å². The maximum absolute atomic E-state index is 5.95. The molecule has 1 aliphatic heterocycles. The van der Waals surface area contributed by atoms with Gasteiger partial charge in [-0.3, -0.25) is 5.01 Å². The molecule has 4 heteroatoms. The molecule has 4 aromatic carbocycles. The lowest BCUT2D eigenvalue weighted by molar-refractivity contribution is 0.482. The van der Waals surface area contributed by atoms with Gasteiger partial charge in [-0.25, -0.2) is 0 Å². The Balaban J connectivity index is 1.42. The van der Waals surface area contributed by atoms with Gasteiger partial charge in [0.15, 0.2) is 0 Å². The average Bonchev–Trinajstić information content (AvgIpc) is 3.31. The summed E-state index contributed by atoms with van der Waals surface area (Å²) >= 11 is 0. The van der Waals surface area contributed by atoms with Crippen molar-refractivity contribution in [2.24, 2.45) is 5.10 Å². The Morgan fingerprint density at radius 1 is 0.727 bits per heavy atom. The van der Waals surface area contributed by atoms with Crippen molar-refractivity contribution in [3.05, 3.63) is 120 Å². The van der Waals surface area contributed by atoms with E-state index in [-0.39, 0.29) is 6.04 Å². The minimum atomic E-state index is 0.152. The fourth-order valence-electron chi connectivity index (χ4n) is 4.10. The Hall–Kier alpha value is -4.05. The number of ether oxygens (including phenoxy) is 1. The Morgan fingerprint density at radius 2 is 1.33 bits per heavy atom. The molecule has 4 nitrogen and oxygen atoms in total. The quantitative estimate of drug-likeness (QED) is 0.331. The summed E-state index contributed by atoms with van der Waals surface area (Å²) in [6.07, 6.45) is 0.842. The van der Waals surface area contributed by atoms with E-state index in [1.807, 2.05) is 48.5 Å². The van der Waals surface area contributed by atoms with Crippen LogP contribution in [0.25, 0.3) is 0 Å². The molecule has 5 rings (SSSR count). The monoisotopic (exact) mass is 433 g/mol. The van der Waals surface area contributed by atoms with Gasteiger partial charge in [0, 0.05) is 26.2 Å². The zero-order chi connectivity index (χ0) is 22.6. The molecule has 0 bridgehead atoms. The molecule has 164 valence electrons. The molecule has 0 aromatic heterocycles. The van der Waals surface area contributed by atoms with Crippen LogP contribution in [0.3, 0.4) is 0 Å². The van der Waals surface area contributed by atoms with Gasteiger partial charge in [0.25, 0.3) is 0 Å². The van der Waals surface area contributed by atoms with Crippen LogP contribution in [-0.4, -0.2) is 19.8 Å². The van der Waals surface area contributed by atoms with Crippen molar-refractivity contribution in [2.75, 3.05) is 24.0 Å². The molecule has 1 unspecified atom stereocenters. The smallest absolute Gasteiger partial charge is 0.127 e. The molecule has 0 saturated heterocycles. The second kappa shape index (κ2) is 9.21. The van der Waals surface area contributed by atoms with Gasteiger partial charge in [-0.1, -0.05) is 48.5 Å². The highest BCUT2D eigenvalue weighted by Crippen LogP contribution is 2.37. The van der Waals surface area contributed by atoms with E-state index in [1.54, 1.807) is 0 Å². The van der Waals surface area contributed by atoms with E-state index in [9.17, 15) is 0 Å². The van der Waals surface area contributed by atoms with E-state index in [4.69, 9.17) is 9.84 Å².